The first kappa shape index (κ1) is 24.9. The lowest BCUT2D eigenvalue weighted by Gasteiger charge is -2.44. The maximum absolute atomic E-state index is 6.79. The van der Waals surface area contributed by atoms with Gasteiger partial charge in [0.15, 0.2) is 25.0 Å². The summed E-state index contributed by atoms with van der Waals surface area (Å²) >= 11 is 0. The van der Waals surface area contributed by atoms with E-state index in [2.05, 4.69) is 85.0 Å². The van der Waals surface area contributed by atoms with Crippen molar-refractivity contribution in [1.29, 1.82) is 0 Å². The molecule has 0 spiro atoms. The van der Waals surface area contributed by atoms with Gasteiger partial charge in [-0.25, -0.2) is 0 Å². The molecule has 0 aliphatic carbocycles. The van der Waals surface area contributed by atoms with Crippen LogP contribution in [0.15, 0.2) is 10.9 Å². The van der Waals surface area contributed by atoms with E-state index in [1.165, 1.54) is 4.82 Å². The zero-order valence-corrected chi connectivity index (χ0v) is 25.2. The molecule has 0 aliphatic rings. The summed E-state index contributed by atoms with van der Waals surface area (Å²) in [5, 5.41) is 0. The van der Waals surface area contributed by atoms with Crippen LogP contribution in [0.5, 0.6) is 0 Å². The maximum Gasteiger partial charge on any atom is 0.637 e. The van der Waals surface area contributed by atoms with Crippen molar-refractivity contribution in [3.63, 3.8) is 0 Å². The lowest BCUT2D eigenvalue weighted by molar-refractivity contribution is 0.150. The monoisotopic (exact) mass is 440 g/mol. The van der Waals surface area contributed by atoms with Crippen molar-refractivity contribution in [3.05, 3.63) is 10.9 Å². The van der Waals surface area contributed by atoms with E-state index in [1.807, 2.05) is 0 Å². The van der Waals surface area contributed by atoms with Gasteiger partial charge >= 0.3 is 9.05 Å². The normalized spacial score (nSPS) is 15.9. The van der Waals surface area contributed by atoms with Crippen LogP contribution >= 0.6 is 0 Å². The van der Waals surface area contributed by atoms with Crippen molar-refractivity contribution >= 4 is 52.6 Å². The van der Waals surface area contributed by atoms with Crippen molar-refractivity contribution in [3.8, 4) is 0 Å². The second-order valence-electron chi connectivity index (χ2n) is 9.73. The Morgan fingerprint density at radius 1 is 0.625 bits per heavy atom. The Bertz CT molecular complexity index is 405. The molecule has 0 heterocycles. The minimum atomic E-state index is -3.19. The van der Waals surface area contributed by atoms with Gasteiger partial charge in [-0.2, -0.15) is 0 Å². The molecule has 24 heavy (non-hydrogen) atoms. The van der Waals surface area contributed by atoms with Crippen LogP contribution in [0.1, 0.15) is 6.92 Å². The predicted molar refractivity (Wildman–Crippen MR) is 121 cm³/mol. The van der Waals surface area contributed by atoms with Crippen LogP contribution in [0, 0.1) is 0 Å². The van der Waals surface area contributed by atoms with Crippen molar-refractivity contribution in [1.82, 2.24) is 0 Å². The van der Waals surface area contributed by atoms with E-state index < -0.39 is 42.3 Å². The Kier molecular flexibility index (Phi) is 8.57. The van der Waals surface area contributed by atoms with E-state index in [-0.39, 0.29) is 0 Å². The lowest BCUT2D eigenvalue weighted by atomic mass is 10.8. The largest absolute Gasteiger partial charge is 0.637 e. The molecule has 144 valence electrons. The molecule has 0 unspecified atom stereocenters. The maximum atomic E-state index is 6.79. The van der Waals surface area contributed by atoms with E-state index >= 15 is 0 Å². The summed E-state index contributed by atoms with van der Waals surface area (Å²) in [6, 6.07) is 0. The third kappa shape index (κ3) is 10.1. The quantitative estimate of drug-likeness (QED) is 0.508. The van der Waals surface area contributed by atoms with Gasteiger partial charge in [-0.15, -0.1) is 0 Å². The van der Waals surface area contributed by atoms with Gasteiger partial charge in [0.1, 0.15) is 0 Å². The summed E-state index contributed by atoms with van der Waals surface area (Å²) in [6.07, 6.45) is 2.20. The van der Waals surface area contributed by atoms with Gasteiger partial charge < -0.3 is 16.5 Å². The standard InChI is InChI=1S/C14H40O4Si6/c1-13-14(19)23(11,12)18-24(15-20(2,3)4,16-21(5,6)7)17-22(8,9)10/h13H,1-12,19H3. The van der Waals surface area contributed by atoms with Gasteiger partial charge in [0.2, 0.25) is 8.32 Å². The minimum absolute atomic E-state index is 1.00. The van der Waals surface area contributed by atoms with Gasteiger partial charge in [-0.05, 0) is 78.9 Å². The molecule has 0 aliphatic heterocycles. The highest BCUT2D eigenvalue weighted by Gasteiger charge is 2.56. The van der Waals surface area contributed by atoms with Crippen molar-refractivity contribution in [2.24, 2.45) is 0 Å². The first-order valence-electron chi connectivity index (χ1n) is 8.75. The number of hydrogen-bond acceptors (Lipinski definition) is 4. The molecule has 10 heteroatoms. The van der Waals surface area contributed by atoms with Crippen LogP contribution in [-0.4, -0.2) is 52.6 Å². The second kappa shape index (κ2) is 8.27. The van der Waals surface area contributed by atoms with E-state index in [4.69, 9.17) is 16.5 Å². The SMILES string of the molecule is CC=C([SiH3])[Si](C)(C)O[Si](O[Si](C)(C)C)(O[Si](C)(C)C)O[Si](C)(C)C. The molecule has 0 amide bonds. The van der Waals surface area contributed by atoms with E-state index in [9.17, 15) is 0 Å². The topological polar surface area (TPSA) is 36.9 Å². The molecule has 0 saturated heterocycles. The van der Waals surface area contributed by atoms with Crippen LogP contribution in [0.2, 0.25) is 72.0 Å². The molecule has 0 rings (SSSR count). The molecule has 0 radical (unpaired) electrons. The highest BCUT2D eigenvalue weighted by Crippen LogP contribution is 2.31. The molecular formula is C14H40O4Si6. The fraction of sp³-hybridized carbons (Fsp3) is 0.857. The summed E-state index contributed by atoms with van der Waals surface area (Å²) in [7, 11) is -9.92. The van der Waals surface area contributed by atoms with Gasteiger partial charge in [0.05, 0.1) is 0 Å². The average molecular weight is 441 g/mol. The average Bonchev–Trinajstić information content (AvgIpc) is 2.18. The Hall–Kier alpha value is 0.881. The zero-order valence-electron chi connectivity index (χ0n) is 18.2. The Labute approximate surface area is 158 Å². The molecule has 0 saturated carbocycles. The van der Waals surface area contributed by atoms with Crippen LogP contribution < -0.4 is 0 Å². The second-order valence-corrected chi connectivity index (χ2v) is 32.6. The minimum Gasteiger partial charge on any atom is -0.396 e. The molecule has 0 atom stereocenters. The molecule has 0 aromatic carbocycles. The van der Waals surface area contributed by atoms with Crippen LogP contribution in [0.25, 0.3) is 0 Å². The summed E-state index contributed by atoms with van der Waals surface area (Å²) in [6.45, 7) is 26.3. The molecule has 0 aromatic rings. The van der Waals surface area contributed by atoms with Gasteiger partial charge in [-0.3, -0.25) is 0 Å². The Balaban J connectivity index is 6.06. The molecule has 0 N–H and O–H groups in total. The molecular weight excluding hydrogens is 401 g/mol. The predicted octanol–water partition coefficient (Wildman–Crippen LogP) is 4.01. The Morgan fingerprint density at radius 3 is 1.12 bits per heavy atom. The number of allylic oxidation sites excluding steroid dienone is 1. The lowest BCUT2D eigenvalue weighted by Crippen LogP contribution is -2.66. The molecule has 0 fully saturated rings. The van der Waals surface area contributed by atoms with Crippen molar-refractivity contribution in [2.75, 3.05) is 0 Å². The highest BCUT2D eigenvalue weighted by molar-refractivity contribution is 6.95. The van der Waals surface area contributed by atoms with Crippen LogP contribution in [0.3, 0.4) is 0 Å². The number of rotatable bonds is 9. The summed E-state index contributed by atoms with van der Waals surface area (Å²) in [5.74, 6) is 0. The van der Waals surface area contributed by atoms with Gasteiger partial charge in [0, 0.05) is 10.2 Å². The molecule has 4 nitrogen and oxygen atoms in total. The fourth-order valence-electron chi connectivity index (χ4n) is 1.99. The third-order valence-electron chi connectivity index (χ3n) is 3.06. The van der Waals surface area contributed by atoms with E-state index in [1.54, 1.807) is 0 Å². The Morgan fingerprint density at radius 2 is 0.917 bits per heavy atom. The van der Waals surface area contributed by atoms with E-state index in [0.717, 1.165) is 10.2 Å². The zero-order chi connectivity index (χ0) is 19.6. The number of hydrogen-bond donors (Lipinski definition) is 0. The fourth-order valence-corrected chi connectivity index (χ4v) is 19.0. The van der Waals surface area contributed by atoms with Crippen molar-refractivity contribution < 1.29 is 16.5 Å². The third-order valence-corrected chi connectivity index (χ3v) is 22.8. The van der Waals surface area contributed by atoms with E-state index in [0.29, 0.717) is 0 Å². The summed E-state index contributed by atoms with van der Waals surface area (Å²) < 4.78 is 26.6. The van der Waals surface area contributed by atoms with Crippen LogP contribution in [0.4, 0.5) is 0 Å². The molecule has 0 bridgehead atoms. The smallest absolute Gasteiger partial charge is 0.396 e. The van der Waals surface area contributed by atoms with Crippen molar-refractivity contribution in [2.45, 2.75) is 78.9 Å². The first-order chi connectivity index (χ1) is 10.3. The first-order valence-corrected chi connectivity index (χ1v) is 24.5. The van der Waals surface area contributed by atoms with Crippen LogP contribution in [-0.2, 0) is 16.5 Å². The molecule has 0 aromatic heterocycles. The van der Waals surface area contributed by atoms with Gasteiger partial charge in [0.25, 0.3) is 0 Å². The van der Waals surface area contributed by atoms with Gasteiger partial charge in [-0.1, -0.05) is 10.9 Å². The highest BCUT2D eigenvalue weighted by atomic mass is 28.5. The summed E-state index contributed by atoms with van der Waals surface area (Å²) in [4.78, 5) is 1.43. The summed E-state index contributed by atoms with van der Waals surface area (Å²) in [5.41, 5.74) is 0.